The smallest absolute Gasteiger partial charge is 0.309 e. The molecule has 2 aliphatic carbocycles. The molecule has 2 fully saturated rings. The first kappa shape index (κ1) is 31.8. The Bertz CT molecular complexity index is 1660. The molecule has 0 unspecified atom stereocenters. The Morgan fingerprint density at radius 3 is 2.57 bits per heavy atom. The minimum absolute atomic E-state index is 0.124. The molecule has 2 aromatic carbocycles. The normalized spacial score (nSPS) is 35.7. The second-order valence-corrected chi connectivity index (χ2v) is 17.3. The molecule has 2 aromatic rings. The van der Waals surface area contributed by atoms with Crippen molar-refractivity contribution in [2.75, 3.05) is 24.6 Å². The van der Waals surface area contributed by atoms with Gasteiger partial charge in [0.2, 0.25) is 10.0 Å². The van der Waals surface area contributed by atoms with Gasteiger partial charge in [0.05, 0.1) is 23.5 Å². The number of nitrogens with zero attached hydrogens (tertiary/aromatic N) is 1. The largest absolute Gasteiger partial charge is 0.490 e. The summed E-state index contributed by atoms with van der Waals surface area (Å²) in [7, 11) is -3.93. The zero-order valence-electron chi connectivity index (χ0n) is 27.0. The Kier molecular flexibility index (Phi) is 8.11. The Hall–Kier alpha value is -2.78. The van der Waals surface area contributed by atoms with Gasteiger partial charge in [-0.2, -0.15) is 0 Å². The summed E-state index contributed by atoms with van der Waals surface area (Å²) in [6.07, 6.45) is 7.82. The van der Waals surface area contributed by atoms with Crippen LogP contribution in [-0.2, 0) is 31.4 Å². The number of fused-ring (bicyclic) bond motifs is 5. The zero-order chi connectivity index (χ0) is 32.4. The first-order valence-electron chi connectivity index (χ1n) is 17.0. The molecule has 1 N–H and O–H groups in total. The molecule has 0 aromatic heterocycles. The van der Waals surface area contributed by atoms with Crippen molar-refractivity contribution < 1.29 is 27.5 Å². The van der Waals surface area contributed by atoms with Gasteiger partial charge >= 0.3 is 5.97 Å². The number of nitrogens with one attached hydrogen (secondary N) is 1. The van der Waals surface area contributed by atoms with E-state index in [-0.39, 0.29) is 34.7 Å². The highest BCUT2D eigenvalue weighted by molar-refractivity contribution is 7.90. The van der Waals surface area contributed by atoms with E-state index in [1.165, 1.54) is 11.1 Å². The first-order valence-corrected chi connectivity index (χ1v) is 18.9. The van der Waals surface area contributed by atoms with Gasteiger partial charge in [-0.3, -0.25) is 9.59 Å². The van der Waals surface area contributed by atoms with Gasteiger partial charge in [-0.1, -0.05) is 31.5 Å². The molecule has 7 rings (SSSR count). The highest BCUT2D eigenvalue weighted by Gasteiger charge is 2.55. The predicted molar refractivity (Wildman–Crippen MR) is 178 cm³/mol. The summed E-state index contributed by atoms with van der Waals surface area (Å²) < 4.78 is 42.1. The third kappa shape index (κ3) is 5.49. The fourth-order valence-corrected chi connectivity index (χ4v) is 10.6. The minimum Gasteiger partial charge on any atom is -0.490 e. The number of hydrogen-bond acceptors (Lipinski definition) is 7. The van der Waals surface area contributed by atoms with E-state index in [9.17, 15) is 18.0 Å². The molecule has 0 radical (unpaired) electrons. The fourth-order valence-electron chi connectivity index (χ4n) is 9.07. The lowest BCUT2D eigenvalue weighted by Crippen LogP contribution is -2.53. The zero-order valence-corrected chi connectivity index (χ0v) is 28.6. The van der Waals surface area contributed by atoms with Gasteiger partial charge in [-0.05, 0) is 112 Å². The van der Waals surface area contributed by atoms with Crippen LogP contribution < -0.4 is 14.4 Å². The van der Waals surface area contributed by atoms with E-state index in [1.807, 2.05) is 26.0 Å². The van der Waals surface area contributed by atoms with Crippen molar-refractivity contribution in [3.05, 3.63) is 58.1 Å². The monoisotopic (exact) mass is 668 g/mol. The molecule has 3 aliphatic heterocycles. The number of rotatable bonds is 0. The number of amides is 1. The molecule has 5 aliphatic rings. The number of anilines is 1. The molecule has 10 heteroatoms. The average Bonchev–Trinajstić information content (AvgIpc) is 3.18. The third-order valence-corrected chi connectivity index (χ3v) is 14.1. The van der Waals surface area contributed by atoms with Crippen molar-refractivity contribution in [2.45, 2.75) is 94.8 Å². The van der Waals surface area contributed by atoms with Gasteiger partial charge in [0.15, 0.2) is 0 Å². The van der Waals surface area contributed by atoms with E-state index in [0.717, 1.165) is 62.2 Å². The minimum atomic E-state index is -3.93. The molecule has 2 bridgehead atoms. The maximum absolute atomic E-state index is 13.5. The summed E-state index contributed by atoms with van der Waals surface area (Å²) in [5.41, 5.74) is 2.79. The van der Waals surface area contributed by atoms with Crippen molar-refractivity contribution in [1.29, 1.82) is 0 Å². The van der Waals surface area contributed by atoms with Crippen LogP contribution in [0.25, 0.3) is 0 Å². The van der Waals surface area contributed by atoms with Gasteiger partial charge in [0, 0.05) is 41.4 Å². The van der Waals surface area contributed by atoms with E-state index in [2.05, 4.69) is 21.8 Å². The number of halogens is 1. The summed E-state index contributed by atoms with van der Waals surface area (Å²) in [4.78, 5) is 28.8. The van der Waals surface area contributed by atoms with E-state index in [1.54, 1.807) is 19.1 Å². The Labute approximate surface area is 277 Å². The summed E-state index contributed by atoms with van der Waals surface area (Å²) in [6, 6.07) is 11.5. The second kappa shape index (κ2) is 11.7. The maximum Gasteiger partial charge on any atom is 0.309 e. The number of sulfonamides is 1. The van der Waals surface area contributed by atoms with Crippen molar-refractivity contribution in [3.63, 3.8) is 0 Å². The number of carbonyl (C=O) groups is 2. The summed E-state index contributed by atoms with van der Waals surface area (Å²) in [6.45, 7) is 7.47. The lowest BCUT2D eigenvalue weighted by atomic mass is 9.61. The Balaban J connectivity index is 1.32. The van der Waals surface area contributed by atoms with Gasteiger partial charge < -0.3 is 14.4 Å². The Morgan fingerprint density at radius 1 is 1.00 bits per heavy atom. The molecule has 8 nitrogen and oxygen atoms in total. The molecular formula is C36H45ClN2O6S. The molecular weight excluding hydrogens is 624 g/mol. The molecule has 3 heterocycles. The van der Waals surface area contributed by atoms with Crippen molar-refractivity contribution in [3.8, 4) is 5.75 Å². The van der Waals surface area contributed by atoms with Crippen LogP contribution in [0.4, 0.5) is 5.69 Å². The molecule has 1 amide bonds. The third-order valence-electron chi connectivity index (χ3n) is 12.0. The highest BCUT2D eigenvalue weighted by Crippen LogP contribution is 2.53. The standard InChI is InChI=1S/C36H45ClN2O6S/c1-22-6-4-15-36(18-23(2)34(41)45-36)30-11-8-27(30)19-39-20-35(14-5-7-25-16-28(37)10-12-29(25)35)21-44-32-13-9-26(17-31(32)39)33(40)38-46(42,43)24(22)3/h9-10,12-13,16-17,22-24,27,30H,4-8,11,14-15,18-21H2,1-3H3,(H,38,40)/t22-,23-,24+,27-,30+,35-,36+/m0/s1. The first-order chi connectivity index (χ1) is 21.9. The number of esters is 1. The summed E-state index contributed by atoms with van der Waals surface area (Å²) in [5, 5.41) is -0.0295. The molecule has 248 valence electrons. The fraction of sp³-hybridized carbons (Fsp3) is 0.611. The van der Waals surface area contributed by atoms with Crippen LogP contribution in [0.2, 0.25) is 5.02 Å². The lowest BCUT2D eigenvalue weighted by Gasteiger charge is -2.50. The quantitative estimate of drug-likeness (QED) is 0.323. The SMILES string of the molecule is C[C@@H]1[C@@H](C)CCC[C@@]2(C[C@H](C)C(=O)O2)[C@@H]2CC[C@H]2CN2C[C@@]3(CCCc4cc(Cl)ccc43)COc3ccc(cc32)C(=O)NS1(=O)=O. The highest BCUT2D eigenvalue weighted by atomic mass is 35.5. The molecule has 1 saturated carbocycles. The molecule has 7 atom stereocenters. The van der Waals surface area contributed by atoms with E-state index < -0.39 is 26.8 Å². The van der Waals surface area contributed by atoms with Crippen LogP contribution in [0.3, 0.4) is 0 Å². The molecule has 46 heavy (non-hydrogen) atoms. The van der Waals surface area contributed by atoms with Gasteiger partial charge in [-0.15, -0.1) is 0 Å². The van der Waals surface area contributed by atoms with Crippen molar-refractivity contribution in [1.82, 2.24) is 4.72 Å². The number of benzene rings is 2. The predicted octanol–water partition coefficient (Wildman–Crippen LogP) is 6.43. The van der Waals surface area contributed by atoms with Crippen LogP contribution in [0, 0.1) is 23.7 Å². The second-order valence-electron chi connectivity index (χ2n) is 14.9. The summed E-state index contributed by atoms with van der Waals surface area (Å²) >= 11 is 6.44. The van der Waals surface area contributed by atoms with Gasteiger partial charge in [0.1, 0.15) is 11.4 Å². The molecule has 1 saturated heterocycles. The maximum atomic E-state index is 13.5. The number of hydrogen-bond donors (Lipinski definition) is 1. The van der Waals surface area contributed by atoms with Crippen LogP contribution >= 0.6 is 11.6 Å². The van der Waals surface area contributed by atoms with Crippen LogP contribution in [0.1, 0.15) is 93.6 Å². The topological polar surface area (TPSA) is 102 Å². The number of aryl methyl sites for hydroxylation is 1. The Morgan fingerprint density at radius 2 is 1.83 bits per heavy atom. The van der Waals surface area contributed by atoms with Gasteiger partial charge in [-0.25, -0.2) is 13.1 Å². The average molecular weight is 669 g/mol. The summed E-state index contributed by atoms with van der Waals surface area (Å²) in [5.74, 6) is 0.130. The van der Waals surface area contributed by atoms with E-state index in [0.29, 0.717) is 37.7 Å². The number of ether oxygens (including phenoxy) is 2. The van der Waals surface area contributed by atoms with Crippen LogP contribution in [-0.4, -0.2) is 50.8 Å². The van der Waals surface area contributed by atoms with Crippen molar-refractivity contribution in [2.24, 2.45) is 23.7 Å². The van der Waals surface area contributed by atoms with Gasteiger partial charge in [0.25, 0.3) is 5.91 Å². The molecule has 2 spiro atoms. The van der Waals surface area contributed by atoms with E-state index in [4.69, 9.17) is 21.1 Å². The lowest BCUT2D eigenvalue weighted by molar-refractivity contribution is -0.162. The number of carbonyl (C=O) groups excluding carboxylic acids is 2. The van der Waals surface area contributed by atoms with Crippen molar-refractivity contribution >= 4 is 39.2 Å². The van der Waals surface area contributed by atoms with Crippen LogP contribution in [0.15, 0.2) is 36.4 Å². The van der Waals surface area contributed by atoms with E-state index >= 15 is 0 Å². The van der Waals surface area contributed by atoms with Crippen LogP contribution in [0.5, 0.6) is 5.75 Å².